The Labute approximate surface area is 116 Å². The molecule has 0 aromatic rings. The van der Waals surface area contributed by atoms with E-state index in [4.69, 9.17) is 0 Å². The molecule has 1 saturated heterocycles. The zero-order valence-electron chi connectivity index (χ0n) is 12.3. The number of carbonyl (C=O) groups excluding carboxylic acids is 1. The lowest BCUT2D eigenvalue weighted by Gasteiger charge is -2.34. The van der Waals surface area contributed by atoms with Gasteiger partial charge in [0.15, 0.2) is 0 Å². The topological polar surface area (TPSA) is 47.6 Å². The zero-order chi connectivity index (χ0) is 13.7. The van der Waals surface area contributed by atoms with Crippen LogP contribution in [-0.4, -0.2) is 61.1 Å². The third-order valence-electron chi connectivity index (χ3n) is 4.22. The Morgan fingerprint density at radius 3 is 2.37 bits per heavy atom. The highest BCUT2D eigenvalue weighted by atomic mass is 16.2. The van der Waals surface area contributed by atoms with Crippen LogP contribution in [0.4, 0.5) is 0 Å². The number of nitrogens with one attached hydrogen (secondary N) is 2. The van der Waals surface area contributed by atoms with Crippen molar-refractivity contribution in [1.82, 2.24) is 20.7 Å². The SMILES string of the molecule is CC(NN1CCN(C)CC1)C(=O)NC1CCCCC1. The largest absolute Gasteiger partial charge is 0.352 e. The van der Waals surface area contributed by atoms with Crippen LogP contribution < -0.4 is 10.7 Å². The molecule has 1 heterocycles. The van der Waals surface area contributed by atoms with Gasteiger partial charge < -0.3 is 10.2 Å². The molecular formula is C14H28N4O. The van der Waals surface area contributed by atoms with E-state index in [1.165, 1.54) is 19.3 Å². The Morgan fingerprint density at radius 1 is 1.11 bits per heavy atom. The van der Waals surface area contributed by atoms with Gasteiger partial charge in [-0.2, -0.15) is 0 Å². The number of hydrogen-bond donors (Lipinski definition) is 2. The molecule has 2 rings (SSSR count). The van der Waals surface area contributed by atoms with Gasteiger partial charge in [0.1, 0.15) is 0 Å². The summed E-state index contributed by atoms with van der Waals surface area (Å²) in [7, 11) is 2.14. The summed E-state index contributed by atoms with van der Waals surface area (Å²) < 4.78 is 0. The van der Waals surface area contributed by atoms with Crippen LogP contribution >= 0.6 is 0 Å². The number of hydrogen-bond acceptors (Lipinski definition) is 4. The average molecular weight is 268 g/mol. The van der Waals surface area contributed by atoms with Crippen molar-refractivity contribution in [3.8, 4) is 0 Å². The second-order valence-electron chi connectivity index (χ2n) is 5.98. The summed E-state index contributed by atoms with van der Waals surface area (Å²) in [5.41, 5.74) is 3.32. The lowest BCUT2D eigenvalue weighted by atomic mass is 9.95. The highest BCUT2D eigenvalue weighted by molar-refractivity contribution is 5.81. The van der Waals surface area contributed by atoms with Crippen molar-refractivity contribution in [3.05, 3.63) is 0 Å². The molecule has 0 aromatic heterocycles. The minimum Gasteiger partial charge on any atom is -0.352 e. The number of hydrazine groups is 1. The smallest absolute Gasteiger partial charge is 0.238 e. The summed E-state index contributed by atoms with van der Waals surface area (Å²) in [5.74, 6) is 0.144. The first-order valence-corrected chi connectivity index (χ1v) is 7.65. The molecule has 2 aliphatic rings. The molecule has 0 spiro atoms. The van der Waals surface area contributed by atoms with E-state index in [-0.39, 0.29) is 11.9 Å². The van der Waals surface area contributed by atoms with E-state index >= 15 is 0 Å². The molecule has 1 atom stereocenters. The fourth-order valence-corrected chi connectivity index (χ4v) is 2.84. The molecule has 19 heavy (non-hydrogen) atoms. The number of nitrogens with zero attached hydrogens (tertiary/aromatic N) is 2. The predicted octanol–water partition coefficient (Wildman–Crippen LogP) is 0.576. The van der Waals surface area contributed by atoms with Gasteiger partial charge in [-0.1, -0.05) is 19.3 Å². The first-order chi connectivity index (χ1) is 9.15. The van der Waals surface area contributed by atoms with Crippen LogP contribution in [0.5, 0.6) is 0 Å². The standard InChI is InChI=1S/C14H28N4O/c1-12(16-18-10-8-17(2)9-11-18)14(19)15-13-6-4-3-5-7-13/h12-13,16H,3-11H2,1-2H3,(H,15,19). The van der Waals surface area contributed by atoms with Gasteiger partial charge in [0, 0.05) is 32.2 Å². The van der Waals surface area contributed by atoms with Crippen molar-refractivity contribution in [2.24, 2.45) is 0 Å². The molecule has 110 valence electrons. The molecule has 1 saturated carbocycles. The second-order valence-corrected chi connectivity index (χ2v) is 5.98. The Morgan fingerprint density at radius 2 is 1.74 bits per heavy atom. The van der Waals surface area contributed by atoms with E-state index in [2.05, 4.69) is 27.7 Å². The molecule has 0 radical (unpaired) electrons. The first kappa shape index (κ1) is 14.8. The molecule has 1 aliphatic carbocycles. The Balaban J connectivity index is 1.69. The van der Waals surface area contributed by atoms with Crippen molar-refractivity contribution in [2.75, 3.05) is 33.2 Å². The van der Waals surface area contributed by atoms with Crippen LogP contribution in [0.15, 0.2) is 0 Å². The van der Waals surface area contributed by atoms with E-state index in [1.54, 1.807) is 0 Å². The van der Waals surface area contributed by atoms with E-state index in [1.807, 2.05) is 6.92 Å². The summed E-state index contributed by atoms with van der Waals surface area (Å²) in [6.07, 6.45) is 6.12. The lowest BCUT2D eigenvalue weighted by molar-refractivity contribution is -0.125. The van der Waals surface area contributed by atoms with Crippen LogP contribution in [0.1, 0.15) is 39.0 Å². The third kappa shape index (κ3) is 4.75. The fourth-order valence-electron chi connectivity index (χ4n) is 2.84. The predicted molar refractivity (Wildman–Crippen MR) is 76.7 cm³/mol. The van der Waals surface area contributed by atoms with Crippen LogP contribution in [0.2, 0.25) is 0 Å². The van der Waals surface area contributed by atoms with Crippen molar-refractivity contribution in [3.63, 3.8) is 0 Å². The second kappa shape index (κ2) is 7.22. The number of piperazine rings is 1. The van der Waals surface area contributed by atoms with Crippen LogP contribution in [0.25, 0.3) is 0 Å². The van der Waals surface area contributed by atoms with E-state index in [0.29, 0.717) is 6.04 Å². The third-order valence-corrected chi connectivity index (χ3v) is 4.22. The Bertz CT molecular complexity index is 283. The Kier molecular flexibility index (Phi) is 5.60. The maximum atomic E-state index is 12.1. The van der Waals surface area contributed by atoms with Gasteiger partial charge in [-0.15, -0.1) is 0 Å². The number of rotatable bonds is 4. The number of amides is 1. The molecule has 5 heteroatoms. The van der Waals surface area contributed by atoms with Gasteiger partial charge in [0.05, 0.1) is 6.04 Å². The monoisotopic (exact) mass is 268 g/mol. The van der Waals surface area contributed by atoms with Crippen LogP contribution in [0.3, 0.4) is 0 Å². The maximum Gasteiger partial charge on any atom is 0.238 e. The summed E-state index contributed by atoms with van der Waals surface area (Å²) in [6.45, 7) is 6.04. The van der Waals surface area contributed by atoms with Crippen molar-refractivity contribution >= 4 is 5.91 Å². The summed E-state index contributed by atoms with van der Waals surface area (Å²) in [6, 6.07) is 0.267. The molecule has 1 unspecified atom stereocenters. The van der Waals surface area contributed by atoms with Crippen molar-refractivity contribution in [1.29, 1.82) is 0 Å². The van der Waals surface area contributed by atoms with Gasteiger partial charge >= 0.3 is 0 Å². The van der Waals surface area contributed by atoms with E-state index in [0.717, 1.165) is 39.0 Å². The number of likely N-dealkylation sites (N-methyl/N-ethyl adjacent to an activating group) is 1. The van der Waals surface area contributed by atoms with Gasteiger partial charge in [-0.25, -0.2) is 10.4 Å². The quantitative estimate of drug-likeness (QED) is 0.783. The average Bonchev–Trinajstić information content (AvgIpc) is 2.42. The molecule has 5 nitrogen and oxygen atoms in total. The highest BCUT2D eigenvalue weighted by Gasteiger charge is 2.22. The summed E-state index contributed by atoms with van der Waals surface area (Å²) in [5, 5.41) is 5.35. The van der Waals surface area contributed by atoms with Gasteiger partial charge in [0.2, 0.25) is 5.91 Å². The van der Waals surface area contributed by atoms with Gasteiger partial charge in [-0.05, 0) is 26.8 Å². The van der Waals surface area contributed by atoms with Crippen molar-refractivity contribution < 1.29 is 4.79 Å². The minimum atomic E-state index is -0.134. The molecule has 1 amide bonds. The van der Waals surface area contributed by atoms with E-state index < -0.39 is 0 Å². The number of carbonyl (C=O) groups is 1. The first-order valence-electron chi connectivity index (χ1n) is 7.65. The normalized spacial score (nSPS) is 25.2. The molecular weight excluding hydrogens is 240 g/mol. The summed E-state index contributed by atoms with van der Waals surface area (Å²) in [4.78, 5) is 14.4. The minimum absolute atomic E-state index is 0.134. The maximum absolute atomic E-state index is 12.1. The van der Waals surface area contributed by atoms with Crippen LogP contribution in [-0.2, 0) is 4.79 Å². The Hall–Kier alpha value is -0.650. The van der Waals surface area contributed by atoms with Crippen LogP contribution in [0, 0.1) is 0 Å². The molecule has 0 aromatic carbocycles. The molecule has 2 fully saturated rings. The van der Waals surface area contributed by atoms with Gasteiger partial charge in [0.25, 0.3) is 0 Å². The fraction of sp³-hybridized carbons (Fsp3) is 0.929. The highest BCUT2D eigenvalue weighted by Crippen LogP contribution is 2.17. The van der Waals surface area contributed by atoms with Crippen molar-refractivity contribution in [2.45, 2.75) is 51.1 Å². The lowest BCUT2D eigenvalue weighted by Crippen LogP contribution is -2.57. The summed E-state index contributed by atoms with van der Waals surface area (Å²) >= 11 is 0. The molecule has 0 bridgehead atoms. The van der Waals surface area contributed by atoms with E-state index in [9.17, 15) is 4.79 Å². The molecule has 2 N–H and O–H groups in total. The molecule has 1 aliphatic heterocycles. The van der Waals surface area contributed by atoms with Gasteiger partial charge in [-0.3, -0.25) is 4.79 Å². The zero-order valence-corrected chi connectivity index (χ0v) is 12.3.